The second kappa shape index (κ2) is 5.75. The molecule has 0 amide bonds. The van der Waals surface area contributed by atoms with E-state index in [4.69, 9.17) is 0 Å². The van der Waals surface area contributed by atoms with Crippen molar-refractivity contribution in [2.24, 2.45) is 0 Å². The SMILES string of the molecule is CC=Cc1nsc2ccc(-n3c(=O)cc(C(F)(F)F)[nH]c3=O)cc12. The van der Waals surface area contributed by atoms with Crippen LogP contribution >= 0.6 is 11.5 Å². The molecule has 24 heavy (non-hydrogen) atoms. The average molecular weight is 353 g/mol. The molecular formula is C15H10F3N3O2S. The van der Waals surface area contributed by atoms with Gasteiger partial charge in [0.1, 0.15) is 5.69 Å². The summed E-state index contributed by atoms with van der Waals surface area (Å²) < 4.78 is 43.7. The predicted octanol–water partition coefficient (Wildman–Crippen LogP) is 3.19. The molecule has 0 aliphatic heterocycles. The van der Waals surface area contributed by atoms with Crippen molar-refractivity contribution in [3.63, 3.8) is 0 Å². The lowest BCUT2D eigenvalue weighted by Crippen LogP contribution is -2.35. The predicted molar refractivity (Wildman–Crippen MR) is 85.5 cm³/mol. The van der Waals surface area contributed by atoms with Crippen LogP contribution in [0.4, 0.5) is 13.2 Å². The van der Waals surface area contributed by atoms with Crippen LogP contribution in [0, 0.1) is 0 Å². The minimum Gasteiger partial charge on any atom is -0.303 e. The van der Waals surface area contributed by atoms with Crippen molar-refractivity contribution < 1.29 is 13.2 Å². The van der Waals surface area contributed by atoms with Crippen LogP contribution in [0.25, 0.3) is 21.8 Å². The van der Waals surface area contributed by atoms with Gasteiger partial charge in [0.05, 0.1) is 16.1 Å². The van der Waals surface area contributed by atoms with Gasteiger partial charge in [0.25, 0.3) is 5.56 Å². The molecule has 0 saturated carbocycles. The van der Waals surface area contributed by atoms with Gasteiger partial charge in [0.15, 0.2) is 0 Å². The van der Waals surface area contributed by atoms with Crippen LogP contribution in [0.2, 0.25) is 0 Å². The Hall–Kier alpha value is -2.68. The Balaban J connectivity index is 2.23. The molecule has 0 atom stereocenters. The van der Waals surface area contributed by atoms with Gasteiger partial charge in [0, 0.05) is 11.5 Å². The van der Waals surface area contributed by atoms with Crippen LogP contribution in [0.15, 0.2) is 39.9 Å². The van der Waals surface area contributed by atoms with Gasteiger partial charge in [-0.25, -0.2) is 9.36 Å². The number of aromatic amines is 1. The lowest BCUT2D eigenvalue weighted by Gasteiger charge is -2.09. The number of alkyl halides is 3. The van der Waals surface area contributed by atoms with Crippen molar-refractivity contribution in [3.05, 3.63) is 62.6 Å². The minimum absolute atomic E-state index is 0.174. The zero-order valence-electron chi connectivity index (χ0n) is 12.2. The number of aromatic nitrogens is 3. The van der Waals surface area contributed by atoms with E-state index in [0.29, 0.717) is 21.7 Å². The summed E-state index contributed by atoms with van der Waals surface area (Å²) in [5.41, 5.74) is -2.74. The highest BCUT2D eigenvalue weighted by Crippen LogP contribution is 2.27. The molecule has 0 aliphatic rings. The summed E-state index contributed by atoms with van der Waals surface area (Å²) >= 11 is 1.25. The number of allylic oxidation sites excluding steroid dienone is 1. The van der Waals surface area contributed by atoms with Gasteiger partial charge < -0.3 is 4.98 Å². The van der Waals surface area contributed by atoms with E-state index in [1.54, 1.807) is 29.3 Å². The third-order valence-electron chi connectivity index (χ3n) is 3.30. The molecular weight excluding hydrogens is 343 g/mol. The van der Waals surface area contributed by atoms with Gasteiger partial charge >= 0.3 is 11.9 Å². The van der Waals surface area contributed by atoms with Crippen molar-refractivity contribution in [2.45, 2.75) is 13.1 Å². The first-order valence-electron chi connectivity index (χ1n) is 6.77. The van der Waals surface area contributed by atoms with Crippen LogP contribution in [0.5, 0.6) is 0 Å². The maximum atomic E-state index is 12.7. The van der Waals surface area contributed by atoms with Crippen molar-refractivity contribution in [1.82, 2.24) is 13.9 Å². The average Bonchev–Trinajstić information content (AvgIpc) is 2.89. The van der Waals surface area contributed by atoms with Crippen molar-refractivity contribution >= 4 is 27.7 Å². The lowest BCUT2D eigenvalue weighted by molar-refractivity contribution is -0.141. The summed E-state index contributed by atoms with van der Waals surface area (Å²) in [6.45, 7) is 1.82. The molecule has 0 unspecified atom stereocenters. The Labute approximate surface area is 136 Å². The third-order valence-corrected chi connectivity index (χ3v) is 4.14. The Morgan fingerprint density at radius 3 is 2.62 bits per heavy atom. The maximum absolute atomic E-state index is 12.7. The van der Waals surface area contributed by atoms with Crippen LogP contribution in [0.3, 0.4) is 0 Å². The zero-order chi connectivity index (χ0) is 17.5. The summed E-state index contributed by atoms with van der Waals surface area (Å²) in [4.78, 5) is 25.7. The second-order valence-electron chi connectivity index (χ2n) is 4.91. The first kappa shape index (κ1) is 16.2. The van der Waals surface area contributed by atoms with E-state index in [9.17, 15) is 22.8 Å². The Kier molecular flexibility index (Phi) is 3.88. The van der Waals surface area contributed by atoms with Gasteiger partial charge in [-0.15, -0.1) is 0 Å². The molecule has 3 rings (SSSR count). The Morgan fingerprint density at radius 1 is 1.25 bits per heavy atom. The molecule has 124 valence electrons. The number of hydrogen-bond acceptors (Lipinski definition) is 4. The largest absolute Gasteiger partial charge is 0.431 e. The van der Waals surface area contributed by atoms with Crippen molar-refractivity contribution in [3.8, 4) is 5.69 Å². The molecule has 5 nitrogen and oxygen atoms in total. The fourth-order valence-corrected chi connectivity index (χ4v) is 3.00. The highest BCUT2D eigenvalue weighted by Gasteiger charge is 2.33. The van der Waals surface area contributed by atoms with Crippen molar-refractivity contribution in [2.75, 3.05) is 0 Å². The quantitative estimate of drug-likeness (QED) is 0.769. The number of fused-ring (bicyclic) bond motifs is 1. The molecule has 3 aromatic rings. The van der Waals surface area contributed by atoms with Crippen molar-refractivity contribution in [1.29, 1.82) is 0 Å². The number of nitrogens with one attached hydrogen (secondary N) is 1. The van der Waals surface area contributed by atoms with Gasteiger partial charge in [-0.2, -0.15) is 17.5 Å². The molecule has 2 aromatic heterocycles. The molecule has 0 fully saturated rings. The smallest absolute Gasteiger partial charge is 0.303 e. The fourth-order valence-electron chi connectivity index (χ4n) is 2.25. The minimum atomic E-state index is -4.79. The number of halogens is 3. The molecule has 0 saturated heterocycles. The second-order valence-corrected chi connectivity index (χ2v) is 5.71. The number of nitrogens with zero attached hydrogens (tertiary/aromatic N) is 2. The molecule has 0 aliphatic carbocycles. The first-order chi connectivity index (χ1) is 11.3. The molecule has 0 spiro atoms. The van der Waals surface area contributed by atoms with E-state index in [0.717, 1.165) is 4.70 Å². The molecule has 1 aromatic carbocycles. The number of H-pyrrole nitrogens is 1. The lowest BCUT2D eigenvalue weighted by atomic mass is 10.2. The summed E-state index contributed by atoms with van der Waals surface area (Å²) in [5, 5.41) is 0.710. The Morgan fingerprint density at radius 2 is 2.00 bits per heavy atom. The zero-order valence-corrected chi connectivity index (χ0v) is 13.0. The molecule has 0 bridgehead atoms. The first-order valence-corrected chi connectivity index (χ1v) is 7.54. The summed E-state index contributed by atoms with van der Waals surface area (Å²) in [6.07, 6.45) is -1.24. The van der Waals surface area contributed by atoms with E-state index in [1.807, 2.05) is 6.92 Å². The van der Waals surface area contributed by atoms with E-state index in [2.05, 4.69) is 4.37 Å². The fraction of sp³-hybridized carbons (Fsp3) is 0.133. The monoisotopic (exact) mass is 353 g/mol. The van der Waals surface area contributed by atoms with E-state index in [-0.39, 0.29) is 5.69 Å². The van der Waals surface area contributed by atoms with Crippen LogP contribution in [0.1, 0.15) is 18.3 Å². The van der Waals surface area contributed by atoms with Crippen LogP contribution in [-0.4, -0.2) is 13.9 Å². The van der Waals surface area contributed by atoms with Crippen LogP contribution < -0.4 is 11.2 Å². The molecule has 1 N–H and O–H groups in total. The molecule has 9 heteroatoms. The number of rotatable bonds is 2. The normalized spacial score (nSPS) is 12.3. The number of hydrogen-bond donors (Lipinski definition) is 1. The van der Waals surface area contributed by atoms with Gasteiger partial charge in [0.2, 0.25) is 0 Å². The summed E-state index contributed by atoms with van der Waals surface area (Å²) in [6, 6.07) is 5.07. The highest BCUT2D eigenvalue weighted by atomic mass is 32.1. The van der Waals surface area contributed by atoms with E-state index >= 15 is 0 Å². The van der Waals surface area contributed by atoms with Crippen LogP contribution in [-0.2, 0) is 6.18 Å². The van der Waals surface area contributed by atoms with E-state index < -0.39 is 23.1 Å². The van der Waals surface area contributed by atoms with Gasteiger partial charge in [-0.05, 0) is 42.7 Å². The summed E-state index contributed by atoms with van der Waals surface area (Å²) in [7, 11) is 0. The molecule has 2 heterocycles. The third kappa shape index (κ3) is 2.78. The standard InChI is InChI=1S/C15H10F3N3O2S/c1-2-3-10-9-6-8(4-5-11(9)24-20-10)21-13(22)7-12(15(16,17)18)19-14(21)23/h2-7H,1H3,(H,19,23). The summed E-state index contributed by atoms with van der Waals surface area (Å²) in [5.74, 6) is 0. The van der Waals surface area contributed by atoms with E-state index in [1.165, 1.54) is 17.6 Å². The topological polar surface area (TPSA) is 67.8 Å². The number of benzene rings is 1. The van der Waals surface area contributed by atoms with Gasteiger partial charge in [-0.3, -0.25) is 4.79 Å². The highest BCUT2D eigenvalue weighted by molar-refractivity contribution is 7.13. The molecule has 0 radical (unpaired) electrons. The Bertz CT molecular complexity index is 1030. The van der Waals surface area contributed by atoms with Gasteiger partial charge in [-0.1, -0.05) is 6.08 Å². The maximum Gasteiger partial charge on any atom is 0.431 e.